The molecule has 0 amide bonds. The van der Waals surface area contributed by atoms with E-state index >= 15 is 0 Å². The van der Waals surface area contributed by atoms with Crippen molar-refractivity contribution >= 4 is 6.01 Å². The molecule has 1 aliphatic rings. The van der Waals surface area contributed by atoms with E-state index in [0.717, 1.165) is 0 Å². The first-order chi connectivity index (χ1) is 8.24. The second kappa shape index (κ2) is 5.44. The number of morpholine rings is 1. The Bertz CT molecular complexity index is 357. The third kappa shape index (κ3) is 2.74. The number of hydrogen-bond donors (Lipinski definition) is 2. The number of aliphatic hydroxyl groups is 1. The second-order valence-electron chi connectivity index (χ2n) is 4.15. The smallest absolute Gasteiger partial charge is 0.318 e. The van der Waals surface area contributed by atoms with Crippen LogP contribution in [-0.4, -0.2) is 54.3 Å². The van der Waals surface area contributed by atoms with E-state index in [4.69, 9.17) is 14.3 Å². The van der Waals surface area contributed by atoms with E-state index < -0.39 is 0 Å². The summed E-state index contributed by atoms with van der Waals surface area (Å²) in [5.41, 5.74) is 0. The minimum atomic E-state index is -0.189. The molecule has 96 valence electrons. The van der Waals surface area contributed by atoms with Crippen LogP contribution in [0, 0.1) is 0 Å². The molecule has 2 rings (SSSR count). The quantitative estimate of drug-likeness (QED) is 0.727. The number of ether oxygens (including phenoxy) is 1. The van der Waals surface area contributed by atoms with Crippen LogP contribution in [0.5, 0.6) is 0 Å². The summed E-state index contributed by atoms with van der Waals surface area (Å²) in [5.74, 6) is 0.557. The van der Waals surface area contributed by atoms with Crippen molar-refractivity contribution in [1.82, 2.24) is 15.5 Å². The molecule has 2 atom stereocenters. The monoisotopic (exact) mass is 242 g/mol. The lowest BCUT2D eigenvalue weighted by atomic mass is 10.2. The number of nitrogens with one attached hydrogen (secondary N) is 1. The SMILES string of the molecule is CNCc1nnc(N2CC(CO)OCC2C)o1. The third-order valence-corrected chi connectivity index (χ3v) is 2.74. The molecule has 2 heterocycles. The molecule has 17 heavy (non-hydrogen) atoms. The van der Waals surface area contributed by atoms with Gasteiger partial charge in [0.05, 0.1) is 38.4 Å². The van der Waals surface area contributed by atoms with Gasteiger partial charge in [-0.25, -0.2) is 0 Å². The van der Waals surface area contributed by atoms with Gasteiger partial charge in [0.25, 0.3) is 0 Å². The fourth-order valence-corrected chi connectivity index (χ4v) is 1.78. The predicted octanol–water partition coefficient (Wildman–Crippen LogP) is -0.625. The van der Waals surface area contributed by atoms with Crippen molar-refractivity contribution in [2.75, 3.05) is 31.7 Å². The fourth-order valence-electron chi connectivity index (χ4n) is 1.78. The van der Waals surface area contributed by atoms with Gasteiger partial charge in [0.1, 0.15) is 0 Å². The molecule has 0 aromatic carbocycles. The van der Waals surface area contributed by atoms with Crippen LogP contribution in [0.4, 0.5) is 6.01 Å². The van der Waals surface area contributed by atoms with Crippen molar-refractivity contribution < 1.29 is 14.3 Å². The van der Waals surface area contributed by atoms with Crippen LogP contribution in [-0.2, 0) is 11.3 Å². The Morgan fingerprint density at radius 1 is 1.53 bits per heavy atom. The average molecular weight is 242 g/mol. The van der Waals surface area contributed by atoms with Crippen molar-refractivity contribution in [3.63, 3.8) is 0 Å². The van der Waals surface area contributed by atoms with E-state index in [1.165, 1.54) is 0 Å². The Hall–Kier alpha value is -1.18. The summed E-state index contributed by atoms with van der Waals surface area (Å²) in [4.78, 5) is 1.97. The minimum Gasteiger partial charge on any atom is -0.407 e. The fraction of sp³-hybridized carbons (Fsp3) is 0.800. The summed E-state index contributed by atoms with van der Waals surface area (Å²) in [6.45, 7) is 3.69. The molecule has 0 aliphatic carbocycles. The van der Waals surface area contributed by atoms with Crippen molar-refractivity contribution in [3.8, 4) is 0 Å². The highest BCUT2D eigenvalue weighted by molar-refractivity contribution is 5.27. The maximum atomic E-state index is 9.10. The first-order valence-corrected chi connectivity index (χ1v) is 5.70. The van der Waals surface area contributed by atoms with Gasteiger partial charge >= 0.3 is 6.01 Å². The van der Waals surface area contributed by atoms with Crippen molar-refractivity contribution in [2.45, 2.75) is 25.6 Å². The minimum absolute atomic E-state index is 0.000724. The molecule has 1 fully saturated rings. The normalized spacial score (nSPS) is 25.2. The van der Waals surface area contributed by atoms with E-state index in [0.29, 0.717) is 31.6 Å². The summed E-state index contributed by atoms with van der Waals surface area (Å²) in [7, 11) is 1.82. The largest absolute Gasteiger partial charge is 0.407 e. The highest BCUT2D eigenvalue weighted by Crippen LogP contribution is 2.20. The number of hydrogen-bond acceptors (Lipinski definition) is 7. The molecule has 1 aromatic rings. The zero-order valence-corrected chi connectivity index (χ0v) is 10.1. The van der Waals surface area contributed by atoms with Crippen LogP contribution in [0.25, 0.3) is 0 Å². The summed E-state index contributed by atoms with van der Waals surface area (Å²) in [6, 6.07) is 0.658. The Morgan fingerprint density at radius 3 is 3.06 bits per heavy atom. The molecule has 1 aromatic heterocycles. The summed E-state index contributed by atoms with van der Waals surface area (Å²) < 4.78 is 11.0. The lowest BCUT2D eigenvalue weighted by molar-refractivity contribution is -0.0118. The van der Waals surface area contributed by atoms with Gasteiger partial charge in [0, 0.05) is 0 Å². The van der Waals surface area contributed by atoms with Crippen LogP contribution in [0.3, 0.4) is 0 Å². The lowest BCUT2D eigenvalue weighted by Gasteiger charge is -2.35. The number of nitrogens with zero attached hydrogens (tertiary/aromatic N) is 3. The summed E-state index contributed by atoms with van der Waals surface area (Å²) in [6.07, 6.45) is -0.189. The Kier molecular flexibility index (Phi) is 3.93. The van der Waals surface area contributed by atoms with Crippen LogP contribution in [0.1, 0.15) is 12.8 Å². The molecule has 1 aliphatic heterocycles. The van der Waals surface area contributed by atoms with Gasteiger partial charge in [-0.1, -0.05) is 5.10 Å². The first kappa shape index (κ1) is 12.3. The Labute approximate surface area is 99.8 Å². The molecule has 1 saturated heterocycles. The Balaban J connectivity index is 2.07. The van der Waals surface area contributed by atoms with Crippen LogP contribution < -0.4 is 10.2 Å². The van der Waals surface area contributed by atoms with Gasteiger partial charge in [-0.3, -0.25) is 0 Å². The molecule has 2 N–H and O–H groups in total. The zero-order chi connectivity index (χ0) is 12.3. The van der Waals surface area contributed by atoms with Crippen LogP contribution >= 0.6 is 0 Å². The second-order valence-corrected chi connectivity index (χ2v) is 4.15. The molecular formula is C10H18N4O3. The molecular weight excluding hydrogens is 224 g/mol. The molecule has 0 saturated carbocycles. The average Bonchev–Trinajstić information content (AvgIpc) is 2.79. The maximum Gasteiger partial charge on any atom is 0.318 e. The zero-order valence-electron chi connectivity index (χ0n) is 10.1. The molecule has 7 heteroatoms. The van der Waals surface area contributed by atoms with Crippen molar-refractivity contribution in [1.29, 1.82) is 0 Å². The molecule has 0 bridgehead atoms. The van der Waals surface area contributed by atoms with Gasteiger partial charge in [-0.15, -0.1) is 5.10 Å². The molecule has 2 unspecified atom stereocenters. The Morgan fingerprint density at radius 2 is 2.35 bits per heavy atom. The van der Waals surface area contributed by atoms with E-state index in [9.17, 15) is 0 Å². The highest BCUT2D eigenvalue weighted by atomic mass is 16.5. The van der Waals surface area contributed by atoms with Gasteiger partial charge < -0.3 is 24.5 Å². The van der Waals surface area contributed by atoms with Gasteiger partial charge in [-0.05, 0) is 14.0 Å². The highest BCUT2D eigenvalue weighted by Gasteiger charge is 2.29. The number of anilines is 1. The van der Waals surface area contributed by atoms with E-state index in [1.54, 1.807) is 0 Å². The van der Waals surface area contributed by atoms with E-state index in [-0.39, 0.29) is 18.8 Å². The third-order valence-electron chi connectivity index (χ3n) is 2.74. The predicted molar refractivity (Wildman–Crippen MR) is 60.7 cm³/mol. The number of aromatic nitrogens is 2. The van der Waals surface area contributed by atoms with Crippen molar-refractivity contribution in [2.24, 2.45) is 0 Å². The van der Waals surface area contributed by atoms with E-state index in [1.807, 2.05) is 18.9 Å². The molecule has 0 radical (unpaired) electrons. The lowest BCUT2D eigenvalue weighted by Crippen LogP contribution is -2.49. The maximum absolute atomic E-state index is 9.10. The van der Waals surface area contributed by atoms with Crippen LogP contribution in [0.15, 0.2) is 4.42 Å². The van der Waals surface area contributed by atoms with Crippen LogP contribution in [0.2, 0.25) is 0 Å². The van der Waals surface area contributed by atoms with E-state index in [2.05, 4.69) is 15.5 Å². The van der Waals surface area contributed by atoms with Gasteiger partial charge in [0.2, 0.25) is 5.89 Å². The standard InChI is InChI=1S/C10H18N4O3/c1-7-6-16-8(5-15)4-14(7)10-13-12-9(17-10)3-11-2/h7-8,11,15H,3-6H2,1-2H3. The topological polar surface area (TPSA) is 83.7 Å². The molecule has 0 spiro atoms. The summed E-state index contributed by atoms with van der Waals surface area (Å²) >= 11 is 0. The van der Waals surface area contributed by atoms with Crippen molar-refractivity contribution in [3.05, 3.63) is 5.89 Å². The molecule has 7 nitrogen and oxygen atoms in total. The number of rotatable bonds is 4. The first-order valence-electron chi connectivity index (χ1n) is 5.70. The van der Waals surface area contributed by atoms with Gasteiger partial charge in [0.15, 0.2) is 0 Å². The summed E-state index contributed by atoms with van der Waals surface area (Å²) in [5, 5.41) is 20.0. The number of aliphatic hydroxyl groups excluding tert-OH is 1. The van der Waals surface area contributed by atoms with Gasteiger partial charge in [-0.2, -0.15) is 0 Å².